The monoisotopic (exact) mass is 199 g/mol. The highest BCUT2D eigenvalue weighted by Gasteiger charge is 1.96. The van der Waals surface area contributed by atoms with Crippen molar-refractivity contribution in [3.63, 3.8) is 0 Å². The van der Waals surface area contributed by atoms with Crippen LogP contribution in [0, 0.1) is 11.3 Å². The first-order valence-corrected chi connectivity index (χ1v) is 4.66. The molecule has 1 heterocycles. The fourth-order valence-electron chi connectivity index (χ4n) is 1.14. The molecule has 15 heavy (non-hydrogen) atoms. The maximum Gasteiger partial charge on any atom is 0.140 e. The van der Waals surface area contributed by atoms with Crippen LogP contribution in [0.3, 0.4) is 0 Å². The fourth-order valence-corrected chi connectivity index (χ4v) is 1.14. The van der Waals surface area contributed by atoms with E-state index >= 15 is 0 Å². The quantitative estimate of drug-likeness (QED) is 0.753. The Hall–Kier alpha value is -2.08. The molecule has 0 saturated heterocycles. The summed E-state index contributed by atoms with van der Waals surface area (Å²) in [5, 5.41) is 8.57. The molecule has 2 N–H and O–H groups in total. The van der Waals surface area contributed by atoms with Gasteiger partial charge in [0.2, 0.25) is 0 Å². The van der Waals surface area contributed by atoms with Crippen LogP contribution in [-0.2, 0) is 6.42 Å². The summed E-state index contributed by atoms with van der Waals surface area (Å²) in [4.78, 5) is 3.97. The van der Waals surface area contributed by atoms with Crippen molar-refractivity contribution in [3.8, 4) is 6.07 Å². The molecule has 0 aromatic carbocycles. The molecule has 0 saturated carbocycles. The van der Waals surface area contributed by atoms with Gasteiger partial charge in [-0.1, -0.05) is 18.2 Å². The summed E-state index contributed by atoms with van der Waals surface area (Å²) < 4.78 is 0. The maximum absolute atomic E-state index is 8.57. The smallest absolute Gasteiger partial charge is 0.140 e. The van der Waals surface area contributed by atoms with E-state index in [9.17, 15) is 0 Å². The van der Waals surface area contributed by atoms with Gasteiger partial charge in [0.05, 0.1) is 0 Å². The van der Waals surface area contributed by atoms with Crippen LogP contribution in [0.2, 0.25) is 0 Å². The highest BCUT2D eigenvalue weighted by molar-refractivity contribution is 5.25. The molecule has 3 nitrogen and oxygen atoms in total. The predicted molar refractivity (Wildman–Crippen MR) is 59.7 cm³/mol. The second-order valence-corrected chi connectivity index (χ2v) is 3.14. The number of nitrogens with zero attached hydrogens (tertiary/aromatic N) is 2. The van der Waals surface area contributed by atoms with Crippen molar-refractivity contribution in [2.24, 2.45) is 5.73 Å². The van der Waals surface area contributed by atoms with Crippen LogP contribution >= 0.6 is 0 Å². The van der Waals surface area contributed by atoms with Gasteiger partial charge >= 0.3 is 0 Å². The Bertz CT molecular complexity index is 396. The highest BCUT2D eigenvalue weighted by atomic mass is 14.7. The molecule has 0 amide bonds. The van der Waals surface area contributed by atoms with Crippen molar-refractivity contribution in [2.75, 3.05) is 0 Å². The number of pyridine rings is 1. The summed E-state index contributed by atoms with van der Waals surface area (Å²) in [6, 6.07) is 5.52. The SMILES string of the molecule is C=CC/C=C(\N)Cc1ccc(C#N)nc1. The van der Waals surface area contributed by atoms with Crippen LogP contribution < -0.4 is 5.73 Å². The van der Waals surface area contributed by atoms with Gasteiger partial charge in [-0.2, -0.15) is 5.26 Å². The molecular weight excluding hydrogens is 186 g/mol. The molecule has 1 rings (SSSR count). The third-order valence-corrected chi connectivity index (χ3v) is 1.89. The lowest BCUT2D eigenvalue weighted by Gasteiger charge is -2.00. The number of allylic oxidation sites excluding steroid dienone is 3. The summed E-state index contributed by atoms with van der Waals surface area (Å²) >= 11 is 0. The zero-order valence-electron chi connectivity index (χ0n) is 8.48. The molecule has 0 aliphatic heterocycles. The standard InChI is InChI=1S/C12H13N3/c1-2-3-4-11(14)7-10-5-6-12(8-13)15-9-10/h2,4-6,9H,1,3,7,14H2/b11-4-. The molecule has 0 fully saturated rings. The summed E-state index contributed by atoms with van der Waals surface area (Å²) in [6.07, 6.45) is 6.82. The van der Waals surface area contributed by atoms with Gasteiger partial charge in [-0.25, -0.2) is 4.98 Å². The Morgan fingerprint density at radius 1 is 1.60 bits per heavy atom. The Kier molecular flexibility index (Phi) is 4.11. The van der Waals surface area contributed by atoms with Crippen LogP contribution in [0.4, 0.5) is 0 Å². The van der Waals surface area contributed by atoms with Crippen molar-refractivity contribution in [2.45, 2.75) is 12.8 Å². The van der Waals surface area contributed by atoms with Gasteiger partial charge in [-0.05, 0) is 18.1 Å². The largest absolute Gasteiger partial charge is 0.402 e. The zero-order valence-corrected chi connectivity index (χ0v) is 8.48. The van der Waals surface area contributed by atoms with E-state index in [4.69, 9.17) is 11.0 Å². The normalized spacial score (nSPS) is 10.7. The van der Waals surface area contributed by atoms with E-state index in [2.05, 4.69) is 11.6 Å². The predicted octanol–water partition coefficient (Wildman–Crippen LogP) is 1.91. The van der Waals surface area contributed by atoms with Gasteiger partial charge in [0.15, 0.2) is 0 Å². The molecule has 3 heteroatoms. The zero-order chi connectivity index (χ0) is 11.1. The van der Waals surface area contributed by atoms with Crippen molar-refractivity contribution < 1.29 is 0 Å². The molecule has 76 valence electrons. The van der Waals surface area contributed by atoms with Gasteiger partial charge in [0.25, 0.3) is 0 Å². The Morgan fingerprint density at radius 2 is 2.40 bits per heavy atom. The molecule has 1 aromatic heterocycles. The number of aromatic nitrogens is 1. The summed E-state index contributed by atoms with van der Waals surface area (Å²) in [6.45, 7) is 3.61. The van der Waals surface area contributed by atoms with Crippen LogP contribution in [0.15, 0.2) is 42.8 Å². The van der Waals surface area contributed by atoms with Crippen LogP contribution in [0.1, 0.15) is 17.7 Å². The molecule has 0 atom stereocenters. The summed E-state index contributed by atoms with van der Waals surface area (Å²) in [5.41, 5.74) is 8.01. The Morgan fingerprint density at radius 3 is 2.93 bits per heavy atom. The van der Waals surface area contributed by atoms with Gasteiger partial charge in [-0.15, -0.1) is 6.58 Å². The third kappa shape index (κ3) is 3.65. The topological polar surface area (TPSA) is 62.7 Å². The van der Waals surface area contributed by atoms with Crippen molar-refractivity contribution in [1.29, 1.82) is 5.26 Å². The minimum Gasteiger partial charge on any atom is -0.402 e. The van der Waals surface area contributed by atoms with Crippen LogP contribution in [0.5, 0.6) is 0 Å². The van der Waals surface area contributed by atoms with Gasteiger partial charge in [-0.3, -0.25) is 0 Å². The first-order chi connectivity index (χ1) is 7.26. The number of nitriles is 1. The molecule has 0 aliphatic carbocycles. The third-order valence-electron chi connectivity index (χ3n) is 1.89. The minimum absolute atomic E-state index is 0.424. The van der Waals surface area contributed by atoms with Crippen LogP contribution in [-0.4, -0.2) is 4.98 Å². The Balaban J connectivity index is 2.65. The molecule has 0 radical (unpaired) electrons. The number of hydrogen-bond donors (Lipinski definition) is 1. The lowest BCUT2D eigenvalue weighted by molar-refractivity contribution is 1.06. The first-order valence-electron chi connectivity index (χ1n) is 4.66. The lowest BCUT2D eigenvalue weighted by atomic mass is 10.1. The van der Waals surface area contributed by atoms with Crippen molar-refractivity contribution in [1.82, 2.24) is 4.98 Å². The van der Waals surface area contributed by atoms with E-state index in [1.54, 1.807) is 18.3 Å². The number of hydrogen-bond acceptors (Lipinski definition) is 3. The molecule has 1 aromatic rings. The van der Waals surface area contributed by atoms with E-state index in [0.29, 0.717) is 12.1 Å². The average molecular weight is 199 g/mol. The summed E-state index contributed by atoms with van der Waals surface area (Å²) in [5.74, 6) is 0. The number of nitrogens with two attached hydrogens (primary N) is 1. The second kappa shape index (κ2) is 5.61. The number of rotatable bonds is 4. The van der Waals surface area contributed by atoms with E-state index in [1.165, 1.54) is 0 Å². The van der Waals surface area contributed by atoms with Gasteiger partial charge < -0.3 is 5.73 Å². The van der Waals surface area contributed by atoms with E-state index in [1.807, 2.05) is 18.2 Å². The van der Waals surface area contributed by atoms with E-state index in [0.717, 1.165) is 17.7 Å². The van der Waals surface area contributed by atoms with Crippen molar-refractivity contribution >= 4 is 0 Å². The maximum atomic E-state index is 8.57. The molecule has 0 unspecified atom stereocenters. The molecule has 0 bridgehead atoms. The second-order valence-electron chi connectivity index (χ2n) is 3.14. The van der Waals surface area contributed by atoms with E-state index in [-0.39, 0.29) is 0 Å². The van der Waals surface area contributed by atoms with Crippen molar-refractivity contribution in [3.05, 3.63) is 54.0 Å². The molecular formula is C12H13N3. The van der Waals surface area contributed by atoms with Gasteiger partial charge in [0.1, 0.15) is 11.8 Å². The summed E-state index contributed by atoms with van der Waals surface area (Å²) in [7, 11) is 0. The van der Waals surface area contributed by atoms with Crippen LogP contribution in [0.25, 0.3) is 0 Å². The van der Waals surface area contributed by atoms with Gasteiger partial charge in [0, 0.05) is 18.3 Å². The lowest BCUT2D eigenvalue weighted by Crippen LogP contribution is -2.01. The minimum atomic E-state index is 0.424. The fraction of sp³-hybridized carbons (Fsp3) is 0.167. The highest BCUT2D eigenvalue weighted by Crippen LogP contribution is 2.04. The Labute approximate surface area is 89.6 Å². The molecule has 0 aliphatic rings. The first kappa shape index (κ1) is 11.0. The average Bonchev–Trinajstić information content (AvgIpc) is 2.27. The van der Waals surface area contributed by atoms with E-state index < -0.39 is 0 Å². The molecule has 0 spiro atoms.